The molecule has 1 heterocycles. The maximum absolute atomic E-state index is 10.6. The fourth-order valence-corrected chi connectivity index (χ4v) is 1.29. The molecule has 5 heteroatoms. The number of nitrogens with two attached hydrogens (primary N) is 1. The zero-order valence-electron chi connectivity index (χ0n) is 8.60. The van der Waals surface area contributed by atoms with E-state index in [1.807, 2.05) is 29.7 Å². The molecule has 0 fully saturated rings. The second-order valence-electron chi connectivity index (χ2n) is 3.34. The molecule has 0 saturated carbocycles. The normalized spacial score (nSPS) is 10.8. The number of hydrogen-bond acceptors (Lipinski definition) is 3. The summed E-state index contributed by atoms with van der Waals surface area (Å²) in [6, 6.07) is 0. The first-order chi connectivity index (χ1) is 6.61. The lowest BCUT2D eigenvalue weighted by Gasteiger charge is -2.12. The van der Waals surface area contributed by atoms with Gasteiger partial charge in [-0.25, -0.2) is 0 Å². The van der Waals surface area contributed by atoms with Gasteiger partial charge in [-0.15, -0.1) is 0 Å². The molecule has 1 amide bonds. The van der Waals surface area contributed by atoms with Crippen molar-refractivity contribution < 1.29 is 4.79 Å². The van der Waals surface area contributed by atoms with Gasteiger partial charge < -0.3 is 5.73 Å². The van der Waals surface area contributed by atoms with Crippen molar-refractivity contribution in [3.05, 3.63) is 18.0 Å². The number of aryl methyl sites for hydroxylation is 1. The molecule has 0 saturated heterocycles. The molecule has 2 N–H and O–H groups in total. The Morgan fingerprint density at radius 3 is 2.93 bits per heavy atom. The monoisotopic (exact) mass is 196 g/mol. The van der Waals surface area contributed by atoms with Crippen LogP contribution in [0.15, 0.2) is 12.4 Å². The summed E-state index contributed by atoms with van der Waals surface area (Å²) in [6.07, 6.45) is 3.78. The largest absolute Gasteiger partial charge is 0.369 e. The zero-order chi connectivity index (χ0) is 10.6. The SMILES string of the molecule is CCn1cc(CN(C)CC(N)=O)cn1. The summed E-state index contributed by atoms with van der Waals surface area (Å²) in [5, 5.41) is 4.14. The van der Waals surface area contributed by atoms with Gasteiger partial charge in [0.2, 0.25) is 5.91 Å². The third-order valence-electron chi connectivity index (χ3n) is 1.89. The molecule has 0 atom stereocenters. The number of nitrogens with zero attached hydrogens (tertiary/aromatic N) is 3. The molecule has 1 rings (SSSR count). The molecule has 0 unspecified atom stereocenters. The Bertz CT molecular complexity index is 308. The van der Waals surface area contributed by atoms with Crippen molar-refractivity contribution >= 4 is 5.91 Å². The van der Waals surface area contributed by atoms with Gasteiger partial charge in [0.1, 0.15) is 0 Å². The van der Waals surface area contributed by atoms with E-state index in [1.54, 1.807) is 6.20 Å². The fraction of sp³-hybridized carbons (Fsp3) is 0.556. The molecule has 1 aromatic heterocycles. The zero-order valence-corrected chi connectivity index (χ0v) is 8.60. The molecule has 0 aliphatic rings. The maximum Gasteiger partial charge on any atom is 0.231 e. The minimum atomic E-state index is -0.310. The lowest BCUT2D eigenvalue weighted by atomic mass is 10.3. The molecular formula is C9H16N4O. The summed E-state index contributed by atoms with van der Waals surface area (Å²) >= 11 is 0. The van der Waals surface area contributed by atoms with Crippen LogP contribution in [-0.2, 0) is 17.9 Å². The van der Waals surface area contributed by atoms with Crippen molar-refractivity contribution in [2.24, 2.45) is 5.73 Å². The highest BCUT2D eigenvalue weighted by Crippen LogP contribution is 2.01. The lowest BCUT2D eigenvalue weighted by molar-refractivity contribution is -0.118. The minimum absolute atomic E-state index is 0.275. The van der Waals surface area contributed by atoms with E-state index in [4.69, 9.17) is 5.73 Å². The highest BCUT2D eigenvalue weighted by molar-refractivity contribution is 5.75. The van der Waals surface area contributed by atoms with Gasteiger partial charge in [0, 0.05) is 24.8 Å². The number of carbonyl (C=O) groups is 1. The van der Waals surface area contributed by atoms with Crippen molar-refractivity contribution in [1.82, 2.24) is 14.7 Å². The molecule has 0 aliphatic heterocycles. The molecule has 0 radical (unpaired) electrons. The quantitative estimate of drug-likeness (QED) is 0.710. The topological polar surface area (TPSA) is 64.2 Å². The van der Waals surface area contributed by atoms with Gasteiger partial charge in [0.25, 0.3) is 0 Å². The van der Waals surface area contributed by atoms with Crippen molar-refractivity contribution in [3.63, 3.8) is 0 Å². The second-order valence-corrected chi connectivity index (χ2v) is 3.34. The van der Waals surface area contributed by atoms with E-state index in [-0.39, 0.29) is 12.5 Å². The second kappa shape index (κ2) is 4.76. The Morgan fingerprint density at radius 1 is 1.71 bits per heavy atom. The Kier molecular flexibility index (Phi) is 3.64. The third kappa shape index (κ3) is 3.18. The standard InChI is InChI=1S/C9H16N4O/c1-3-13-6-8(4-11-13)5-12(2)7-9(10)14/h4,6H,3,5,7H2,1-2H3,(H2,10,14). The fourth-order valence-electron chi connectivity index (χ4n) is 1.29. The van der Waals surface area contributed by atoms with E-state index in [0.29, 0.717) is 6.54 Å². The van der Waals surface area contributed by atoms with Gasteiger partial charge in [0.05, 0.1) is 12.7 Å². The molecule has 5 nitrogen and oxygen atoms in total. The van der Waals surface area contributed by atoms with Crippen LogP contribution in [0, 0.1) is 0 Å². The van der Waals surface area contributed by atoms with Crippen LogP contribution in [0.5, 0.6) is 0 Å². The first-order valence-electron chi connectivity index (χ1n) is 4.60. The van der Waals surface area contributed by atoms with Crippen molar-refractivity contribution in [1.29, 1.82) is 0 Å². The van der Waals surface area contributed by atoms with Crippen LogP contribution >= 0.6 is 0 Å². The highest BCUT2D eigenvalue weighted by atomic mass is 16.1. The van der Waals surface area contributed by atoms with Gasteiger partial charge in [-0.3, -0.25) is 14.4 Å². The van der Waals surface area contributed by atoms with Gasteiger partial charge in [-0.1, -0.05) is 0 Å². The van der Waals surface area contributed by atoms with Crippen LogP contribution in [0.1, 0.15) is 12.5 Å². The van der Waals surface area contributed by atoms with Crippen molar-refractivity contribution in [2.45, 2.75) is 20.0 Å². The number of hydrogen-bond donors (Lipinski definition) is 1. The summed E-state index contributed by atoms with van der Waals surface area (Å²) in [7, 11) is 1.86. The molecule has 0 spiro atoms. The highest BCUT2D eigenvalue weighted by Gasteiger charge is 2.04. The minimum Gasteiger partial charge on any atom is -0.369 e. The molecule has 78 valence electrons. The summed E-state index contributed by atoms with van der Waals surface area (Å²) in [4.78, 5) is 12.5. The van der Waals surface area contributed by atoms with E-state index in [0.717, 1.165) is 12.1 Å². The van der Waals surface area contributed by atoms with Crippen LogP contribution in [0.25, 0.3) is 0 Å². The van der Waals surface area contributed by atoms with E-state index in [9.17, 15) is 4.79 Å². The summed E-state index contributed by atoms with van der Waals surface area (Å²) < 4.78 is 1.85. The number of rotatable bonds is 5. The number of likely N-dealkylation sites (N-methyl/N-ethyl adjacent to an activating group) is 1. The molecule has 1 aromatic rings. The lowest BCUT2D eigenvalue weighted by Crippen LogP contribution is -2.30. The Morgan fingerprint density at radius 2 is 2.43 bits per heavy atom. The van der Waals surface area contributed by atoms with Gasteiger partial charge in [-0.2, -0.15) is 5.10 Å². The van der Waals surface area contributed by atoms with E-state index in [2.05, 4.69) is 5.10 Å². The number of amides is 1. The summed E-state index contributed by atoms with van der Waals surface area (Å²) in [6.45, 7) is 3.86. The number of aromatic nitrogens is 2. The van der Waals surface area contributed by atoms with E-state index >= 15 is 0 Å². The molecule has 14 heavy (non-hydrogen) atoms. The summed E-state index contributed by atoms with van der Waals surface area (Å²) in [5.74, 6) is -0.310. The number of carbonyl (C=O) groups excluding carboxylic acids is 1. The van der Waals surface area contributed by atoms with Crippen LogP contribution in [-0.4, -0.2) is 34.2 Å². The van der Waals surface area contributed by atoms with Crippen LogP contribution in [0.2, 0.25) is 0 Å². The van der Waals surface area contributed by atoms with E-state index < -0.39 is 0 Å². The summed E-state index contributed by atoms with van der Waals surface area (Å²) in [5.41, 5.74) is 6.17. The van der Waals surface area contributed by atoms with Crippen LogP contribution < -0.4 is 5.73 Å². The van der Waals surface area contributed by atoms with Crippen molar-refractivity contribution in [3.8, 4) is 0 Å². The van der Waals surface area contributed by atoms with Gasteiger partial charge in [0.15, 0.2) is 0 Å². The van der Waals surface area contributed by atoms with Crippen molar-refractivity contribution in [2.75, 3.05) is 13.6 Å². The Hall–Kier alpha value is -1.36. The first kappa shape index (κ1) is 10.7. The van der Waals surface area contributed by atoms with Crippen LogP contribution in [0.4, 0.5) is 0 Å². The first-order valence-corrected chi connectivity index (χ1v) is 4.60. The van der Waals surface area contributed by atoms with E-state index in [1.165, 1.54) is 0 Å². The molecular weight excluding hydrogens is 180 g/mol. The Balaban J connectivity index is 2.47. The predicted molar refractivity (Wildman–Crippen MR) is 53.4 cm³/mol. The van der Waals surface area contributed by atoms with Gasteiger partial charge >= 0.3 is 0 Å². The predicted octanol–water partition coefficient (Wildman–Crippen LogP) is -0.180. The average molecular weight is 196 g/mol. The Labute approximate surface area is 83.5 Å². The average Bonchev–Trinajstić information content (AvgIpc) is 2.50. The van der Waals surface area contributed by atoms with Crippen LogP contribution in [0.3, 0.4) is 0 Å². The van der Waals surface area contributed by atoms with Gasteiger partial charge in [-0.05, 0) is 14.0 Å². The number of primary amides is 1. The smallest absolute Gasteiger partial charge is 0.231 e. The maximum atomic E-state index is 10.6. The molecule has 0 aromatic carbocycles. The molecule has 0 aliphatic carbocycles. The third-order valence-corrected chi connectivity index (χ3v) is 1.89. The molecule has 0 bridgehead atoms.